The number of imidazole rings is 1. The molecule has 0 radical (unpaired) electrons. The molecule has 0 bridgehead atoms. The first-order valence-electron chi connectivity index (χ1n) is 7.02. The molecule has 6 nitrogen and oxygen atoms in total. The first-order valence-corrected chi connectivity index (χ1v) is 7.36. The topological polar surface area (TPSA) is 81.8 Å². The van der Waals surface area contributed by atoms with Crippen molar-refractivity contribution in [1.82, 2.24) is 4.09 Å². The van der Waals surface area contributed by atoms with E-state index in [0.29, 0.717) is 5.95 Å². The maximum atomic E-state index is 5.88. The Hall–Kier alpha value is -2.57. The number of benzene rings is 2. The molecule has 0 unspecified atom stereocenters. The number of aromatic amines is 1. The lowest BCUT2D eigenvalue weighted by molar-refractivity contribution is -0.361. The molecule has 0 spiro atoms. The van der Waals surface area contributed by atoms with Crippen LogP contribution in [0.1, 0.15) is 5.56 Å². The predicted octanol–water partition coefficient (Wildman–Crippen LogP) is 1.36. The average molecular weight is 363 g/mol. The number of nitrogen functional groups attached to an aromatic ring is 1. The molecule has 3 rings (SSSR count). The van der Waals surface area contributed by atoms with Crippen LogP contribution in [0.25, 0.3) is 0 Å². The summed E-state index contributed by atoms with van der Waals surface area (Å²) in [6.45, 7) is 2.01. The number of nitrogens with one attached hydrogen (secondary N) is 2. The minimum absolute atomic E-state index is 0. The van der Waals surface area contributed by atoms with E-state index >= 15 is 0 Å². The van der Waals surface area contributed by atoms with Gasteiger partial charge in [0, 0.05) is 22.2 Å². The smallest absolute Gasteiger partial charge is 0.435 e. The van der Waals surface area contributed by atoms with Gasteiger partial charge >= 0.3 is 5.95 Å². The Labute approximate surface area is 150 Å². The number of rotatable bonds is 4. The van der Waals surface area contributed by atoms with Crippen molar-refractivity contribution in [3.8, 4) is 0 Å². The number of halogens is 2. The molecule has 4 N–H and O–H groups in total. The van der Waals surface area contributed by atoms with Gasteiger partial charge in [-0.15, -0.1) is 4.09 Å². The van der Waals surface area contributed by atoms with E-state index in [2.05, 4.69) is 20.5 Å². The standard InChI is InChI=1S/C16H15ClN6.ClH/c1-11-10-14(21-22-16-19-8-9-23(16)17)6-7-15(11)20-13-4-2-12(18)3-5-13;/h2-10,20H,18H2,1H3;1H. The molecule has 0 fully saturated rings. The molecule has 0 aliphatic heterocycles. The zero-order chi connectivity index (χ0) is 16.2. The normalized spacial score (nSPS) is 10.6. The van der Waals surface area contributed by atoms with Crippen molar-refractivity contribution in [3.63, 3.8) is 0 Å². The Kier molecular flexibility index (Phi) is 5.78. The molecule has 0 saturated heterocycles. The number of nitrogens with two attached hydrogens (primary N) is 1. The summed E-state index contributed by atoms with van der Waals surface area (Å²) in [5, 5.41) is 11.6. The fourth-order valence-electron chi connectivity index (χ4n) is 2.06. The SMILES string of the molecule is Cc1cc(N=Nc2[nH+]ccn2Cl)ccc1Nc1ccc(N)cc1.[Cl-]. The number of H-pyrrole nitrogens is 1. The third-order valence-corrected chi connectivity index (χ3v) is 3.55. The van der Waals surface area contributed by atoms with Crippen LogP contribution in [0.5, 0.6) is 0 Å². The first kappa shape index (κ1) is 17.8. The summed E-state index contributed by atoms with van der Waals surface area (Å²) in [4.78, 5) is 2.89. The summed E-state index contributed by atoms with van der Waals surface area (Å²) >= 11 is 5.88. The molecule has 3 aromatic rings. The fraction of sp³-hybridized carbons (Fsp3) is 0.0625. The lowest BCUT2D eigenvalue weighted by Crippen LogP contribution is -3.00. The Morgan fingerprint density at radius 2 is 1.88 bits per heavy atom. The van der Waals surface area contributed by atoms with Crippen molar-refractivity contribution in [2.45, 2.75) is 6.92 Å². The van der Waals surface area contributed by atoms with E-state index in [-0.39, 0.29) is 12.4 Å². The van der Waals surface area contributed by atoms with Crippen molar-refractivity contribution < 1.29 is 17.4 Å². The maximum absolute atomic E-state index is 5.88. The molecule has 0 aliphatic rings. The second kappa shape index (κ2) is 7.81. The van der Waals surface area contributed by atoms with Crippen LogP contribution >= 0.6 is 11.8 Å². The van der Waals surface area contributed by atoms with E-state index in [1.807, 2.05) is 49.4 Å². The Morgan fingerprint density at radius 3 is 2.50 bits per heavy atom. The number of hydrogen-bond acceptors (Lipinski definition) is 4. The van der Waals surface area contributed by atoms with E-state index in [4.69, 9.17) is 17.5 Å². The van der Waals surface area contributed by atoms with Crippen molar-refractivity contribution in [2.75, 3.05) is 11.1 Å². The van der Waals surface area contributed by atoms with Crippen LogP contribution in [0, 0.1) is 6.92 Å². The van der Waals surface area contributed by atoms with Crippen molar-refractivity contribution in [1.29, 1.82) is 0 Å². The second-order valence-corrected chi connectivity index (χ2v) is 5.41. The Morgan fingerprint density at radius 1 is 1.12 bits per heavy atom. The van der Waals surface area contributed by atoms with Gasteiger partial charge in [0.2, 0.25) is 0 Å². The highest BCUT2D eigenvalue weighted by molar-refractivity contribution is 6.16. The van der Waals surface area contributed by atoms with Gasteiger partial charge in [-0.2, -0.15) is 0 Å². The number of aryl methyl sites for hydroxylation is 1. The van der Waals surface area contributed by atoms with Crippen molar-refractivity contribution in [2.24, 2.45) is 10.2 Å². The van der Waals surface area contributed by atoms with Gasteiger partial charge < -0.3 is 23.5 Å². The summed E-state index contributed by atoms with van der Waals surface area (Å²) in [6.07, 6.45) is 3.34. The summed E-state index contributed by atoms with van der Waals surface area (Å²) < 4.78 is 1.34. The number of nitrogens with zero attached hydrogens (tertiary/aromatic N) is 3. The van der Waals surface area contributed by atoms with Gasteiger partial charge in [0.15, 0.2) is 0 Å². The van der Waals surface area contributed by atoms with E-state index in [9.17, 15) is 0 Å². The zero-order valence-corrected chi connectivity index (χ0v) is 14.4. The lowest BCUT2D eigenvalue weighted by atomic mass is 10.1. The van der Waals surface area contributed by atoms with Crippen LogP contribution in [-0.4, -0.2) is 4.09 Å². The second-order valence-electron chi connectivity index (χ2n) is 5.04. The molecule has 1 aromatic heterocycles. The van der Waals surface area contributed by atoms with Crippen LogP contribution in [0.15, 0.2) is 65.1 Å². The molecule has 0 atom stereocenters. The molecule has 124 valence electrons. The van der Waals surface area contributed by atoms with Crippen LogP contribution in [0.4, 0.5) is 28.7 Å². The summed E-state index contributed by atoms with van der Waals surface area (Å²) in [5.41, 5.74) is 10.2. The summed E-state index contributed by atoms with van der Waals surface area (Å²) in [7, 11) is 0. The number of hydrogen-bond donors (Lipinski definition) is 2. The molecular formula is C16H16Cl2N6. The number of aromatic nitrogens is 2. The molecule has 8 heteroatoms. The first-order chi connectivity index (χ1) is 11.1. The van der Waals surface area contributed by atoms with E-state index in [1.54, 1.807) is 12.4 Å². The third-order valence-electron chi connectivity index (χ3n) is 3.28. The number of anilines is 3. The van der Waals surface area contributed by atoms with Gasteiger partial charge in [-0.1, -0.05) is 5.11 Å². The third kappa shape index (κ3) is 4.24. The van der Waals surface area contributed by atoms with Crippen LogP contribution in [-0.2, 0) is 0 Å². The molecular weight excluding hydrogens is 347 g/mol. The maximum Gasteiger partial charge on any atom is 0.435 e. The van der Waals surface area contributed by atoms with Gasteiger partial charge in [-0.05, 0) is 55.0 Å². The highest BCUT2D eigenvalue weighted by atomic mass is 35.5. The largest absolute Gasteiger partial charge is 1.00 e. The fourth-order valence-corrected chi connectivity index (χ4v) is 2.20. The van der Waals surface area contributed by atoms with Gasteiger partial charge in [0.1, 0.15) is 23.7 Å². The van der Waals surface area contributed by atoms with Crippen molar-refractivity contribution in [3.05, 3.63) is 60.4 Å². The average Bonchev–Trinajstić information content (AvgIpc) is 2.95. The minimum atomic E-state index is 0. The molecule has 0 amide bonds. The molecule has 0 saturated carbocycles. The Bertz CT molecular complexity index is 842. The highest BCUT2D eigenvalue weighted by Gasteiger charge is 2.08. The number of azo groups is 1. The van der Waals surface area contributed by atoms with Gasteiger partial charge in [-0.25, -0.2) is 4.98 Å². The van der Waals surface area contributed by atoms with Gasteiger partial charge in [0.25, 0.3) is 0 Å². The lowest BCUT2D eigenvalue weighted by Gasteiger charge is -2.09. The van der Waals surface area contributed by atoms with Gasteiger partial charge in [0.05, 0.1) is 6.20 Å². The van der Waals surface area contributed by atoms with E-state index in [0.717, 1.165) is 28.3 Å². The van der Waals surface area contributed by atoms with Crippen LogP contribution in [0.3, 0.4) is 0 Å². The van der Waals surface area contributed by atoms with Crippen LogP contribution < -0.4 is 28.4 Å². The van der Waals surface area contributed by atoms with E-state index < -0.39 is 0 Å². The van der Waals surface area contributed by atoms with E-state index in [1.165, 1.54) is 4.09 Å². The molecule has 24 heavy (non-hydrogen) atoms. The predicted molar refractivity (Wildman–Crippen MR) is 91.7 cm³/mol. The molecule has 2 aromatic carbocycles. The summed E-state index contributed by atoms with van der Waals surface area (Å²) in [5.74, 6) is 0.466. The quantitative estimate of drug-likeness (QED) is 0.542. The van der Waals surface area contributed by atoms with Gasteiger partial charge in [-0.3, -0.25) is 0 Å². The van der Waals surface area contributed by atoms with Crippen LogP contribution in [0.2, 0.25) is 0 Å². The van der Waals surface area contributed by atoms with Crippen molar-refractivity contribution >= 4 is 40.5 Å². The monoisotopic (exact) mass is 362 g/mol. The minimum Gasteiger partial charge on any atom is -1.00 e. The highest BCUT2D eigenvalue weighted by Crippen LogP contribution is 2.26. The zero-order valence-electron chi connectivity index (χ0n) is 12.9. The molecule has 1 heterocycles. The summed E-state index contributed by atoms with van der Waals surface area (Å²) in [6, 6.07) is 13.4. The molecule has 0 aliphatic carbocycles. The Balaban J connectivity index is 0.00000208.